The van der Waals surface area contributed by atoms with Crippen molar-refractivity contribution in [2.75, 3.05) is 26.7 Å². The molecule has 1 aliphatic rings. The highest BCUT2D eigenvalue weighted by Gasteiger charge is 2.25. The first kappa shape index (κ1) is 18.4. The van der Waals surface area contributed by atoms with E-state index in [9.17, 15) is 4.79 Å². The van der Waals surface area contributed by atoms with Crippen molar-refractivity contribution in [1.29, 1.82) is 0 Å². The fourth-order valence-corrected chi connectivity index (χ4v) is 3.97. The van der Waals surface area contributed by atoms with Gasteiger partial charge >= 0.3 is 0 Å². The summed E-state index contributed by atoms with van der Waals surface area (Å²) in [5, 5.41) is 0.579. The van der Waals surface area contributed by atoms with Crippen LogP contribution in [0.25, 0.3) is 0 Å². The second-order valence-electron chi connectivity index (χ2n) is 6.69. The van der Waals surface area contributed by atoms with Crippen molar-refractivity contribution >= 4 is 33.4 Å². The first-order valence-electron chi connectivity index (χ1n) is 8.49. The number of halogens is 2. The van der Waals surface area contributed by atoms with Crippen molar-refractivity contribution in [2.24, 2.45) is 5.92 Å². The van der Waals surface area contributed by atoms with E-state index in [4.69, 9.17) is 11.6 Å². The predicted octanol–water partition coefficient (Wildman–Crippen LogP) is 4.70. The van der Waals surface area contributed by atoms with Crippen LogP contribution in [0.15, 0.2) is 53.0 Å². The van der Waals surface area contributed by atoms with Crippen LogP contribution in [0.5, 0.6) is 0 Å². The second-order valence-corrected chi connectivity index (χ2v) is 7.98. The lowest BCUT2D eigenvalue weighted by molar-refractivity contribution is 0.0772. The average Bonchev–Trinajstić information content (AvgIpc) is 3.04. The van der Waals surface area contributed by atoms with Crippen molar-refractivity contribution in [3.05, 3.63) is 69.2 Å². The Balaban J connectivity index is 1.56. The van der Waals surface area contributed by atoms with Crippen LogP contribution in [0.1, 0.15) is 22.3 Å². The third-order valence-electron chi connectivity index (χ3n) is 4.66. The summed E-state index contributed by atoms with van der Waals surface area (Å²) in [7, 11) is 1.87. The summed E-state index contributed by atoms with van der Waals surface area (Å²) in [6.45, 7) is 3.86. The van der Waals surface area contributed by atoms with E-state index >= 15 is 0 Å². The van der Waals surface area contributed by atoms with E-state index in [0.717, 1.165) is 37.1 Å². The number of likely N-dealkylation sites (tertiary alicyclic amines) is 1. The molecular weight excluding hydrogens is 400 g/mol. The Labute approximate surface area is 162 Å². The van der Waals surface area contributed by atoms with Gasteiger partial charge in [0, 0.05) is 36.2 Å². The molecule has 1 heterocycles. The summed E-state index contributed by atoms with van der Waals surface area (Å²) in [5.41, 5.74) is 1.96. The zero-order valence-corrected chi connectivity index (χ0v) is 16.6. The van der Waals surface area contributed by atoms with Crippen molar-refractivity contribution in [2.45, 2.75) is 13.0 Å². The topological polar surface area (TPSA) is 23.6 Å². The Morgan fingerprint density at radius 3 is 2.80 bits per heavy atom. The van der Waals surface area contributed by atoms with Crippen LogP contribution in [0.2, 0.25) is 5.02 Å². The Morgan fingerprint density at radius 1 is 1.28 bits per heavy atom. The number of rotatable bonds is 5. The standard InChI is InChI=1S/C20H22BrClN2O/c1-23(20(25)18-11-17(22)7-8-19(18)21)12-16-9-10-24(14-16)13-15-5-3-2-4-6-15/h2-8,11,16H,9-10,12-14H2,1H3/t16-/m1/s1. The smallest absolute Gasteiger partial charge is 0.254 e. The first-order chi connectivity index (χ1) is 12.0. The van der Waals surface area contributed by atoms with Gasteiger partial charge in [-0.3, -0.25) is 9.69 Å². The molecule has 0 saturated carbocycles. The number of amides is 1. The summed E-state index contributed by atoms with van der Waals surface area (Å²) < 4.78 is 0.783. The number of hydrogen-bond acceptors (Lipinski definition) is 2. The molecule has 3 rings (SSSR count). The number of benzene rings is 2. The third-order valence-corrected chi connectivity index (χ3v) is 5.58. The van der Waals surface area contributed by atoms with Gasteiger partial charge in [-0.1, -0.05) is 41.9 Å². The fraction of sp³-hybridized carbons (Fsp3) is 0.350. The molecule has 5 heteroatoms. The zero-order valence-electron chi connectivity index (χ0n) is 14.3. The highest BCUT2D eigenvalue weighted by molar-refractivity contribution is 9.10. The maximum atomic E-state index is 12.7. The molecule has 2 aromatic carbocycles. The fourth-order valence-electron chi connectivity index (χ4n) is 3.38. The molecule has 0 aromatic heterocycles. The van der Waals surface area contributed by atoms with Crippen molar-refractivity contribution in [3.8, 4) is 0 Å². The molecule has 0 bridgehead atoms. The molecule has 1 amide bonds. The van der Waals surface area contributed by atoms with Crippen LogP contribution in [0, 0.1) is 5.92 Å². The molecule has 3 nitrogen and oxygen atoms in total. The summed E-state index contributed by atoms with van der Waals surface area (Å²) in [4.78, 5) is 17.0. The molecule has 132 valence electrons. The predicted molar refractivity (Wildman–Crippen MR) is 106 cm³/mol. The van der Waals surface area contributed by atoms with Crippen molar-refractivity contribution < 1.29 is 4.79 Å². The van der Waals surface area contributed by atoms with E-state index in [1.54, 1.807) is 12.1 Å². The van der Waals surface area contributed by atoms with Crippen LogP contribution in [0.3, 0.4) is 0 Å². The zero-order chi connectivity index (χ0) is 17.8. The molecule has 1 aliphatic heterocycles. The van der Waals surface area contributed by atoms with Gasteiger partial charge in [0.05, 0.1) is 5.56 Å². The molecule has 0 aliphatic carbocycles. The van der Waals surface area contributed by atoms with Gasteiger partial charge in [0.25, 0.3) is 5.91 Å². The molecule has 0 unspecified atom stereocenters. The van der Waals surface area contributed by atoms with Crippen LogP contribution in [-0.2, 0) is 6.54 Å². The molecule has 1 fully saturated rings. The average molecular weight is 422 g/mol. The maximum Gasteiger partial charge on any atom is 0.254 e. The van der Waals surface area contributed by atoms with Gasteiger partial charge in [-0.2, -0.15) is 0 Å². The van der Waals surface area contributed by atoms with Crippen LogP contribution >= 0.6 is 27.5 Å². The number of hydrogen-bond donors (Lipinski definition) is 0. The van der Waals surface area contributed by atoms with Crippen LogP contribution in [-0.4, -0.2) is 42.4 Å². The van der Waals surface area contributed by atoms with Crippen LogP contribution in [0.4, 0.5) is 0 Å². The maximum absolute atomic E-state index is 12.7. The van der Waals surface area contributed by atoms with Crippen LogP contribution < -0.4 is 0 Å². The number of carbonyl (C=O) groups is 1. The monoisotopic (exact) mass is 420 g/mol. The second kappa shape index (κ2) is 8.35. The van der Waals surface area contributed by atoms with E-state index in [1.165, 1.54) is 5.56 Å². The molecule has 2 aromatic rings. The lowest BCUT2D eigenvalue weighted by Crippen LogP contribution is -2.33. The van der Waals surface area contributed by atoms with Gasteiger partial charge in [0.2, 0.25) is 0 Å². The SMILES string of the molecule is CN(C[C@H]1CCN(Cc2ccccc2)C1)C(=O)c1cc(Cl)ccc1Br. The van der Waals surface area contributed by atoms with E-state index in [1.807, 2.05) is 24.1 Å². The van der Waals surface area contributed by atoms with Gasteiger partial charge in [0.1, 0.15) is 0 Å². The number of carbonyl (C=O) groups excluding carboxylic acids is 1. The van der Waals surface area contributed by atoms with Gasteiger partial charge in [-0.05, 0) is 58.6 Å². The van der Waals surface area contributed by atoms with E-state index in [2.05, 4.69) is 45.1 Å². The minimum absolute atomic E-state index is 0.0101. The summed E-state index contributed by atoms with van der Waals surface area (Å²) in [5.74, 6) is 0.520. The minimum atomic E-state index is 0.0101. The molecular formula is C20H22BrClN2O. The highest BCUT2D eigenvalue weighted by atomic mass is 79.9. The van der Waals surface area contributed by atoms with E-state index < -0.39 is 0 Å². The van der Waals surface area contributed by atoms with Crippen molar-refractivity contribution in [1.82, 2.24) is 9.80 Å². The summed E-state index contributed by atoms with van der Waals surface area (Å²) in [6.07, 6.45) is 1.13. The Kier molecular flexibility index (Phi) is 6.15. The molecule has 1 atom stereocenters. The van der Waals surface area contributed by atoms with E-state index in [-0.39, 0.29) is 5.91 Å². The minimum Gasteiger partial charge on any atom is -0.341 e. The van der Waals surface area contributed by atoms with Gasteiger partial charge in [-0.25, -0.2) is 0 Å². The molecule has 0 N–H and O–H groups in total. The summed E-state index contributed by atoms with van der Waals surface area (Å²) >= 11 is 9.48. The molecule has 0 spiro atoms. The van der Waals surface area contributed by atoms with Gasteiger partial charge < -0.3 is 4.90 Å². The Morgan fingerprint density at radius 2 is 2.04 bits per heavy atom. The molecule has 0 radical (unpaired) electrons. The Hall–Kier alpha value is -1.36. The third kappa shape index (κ3) is 4.84. The lowest BCUT2D eigenvalue weighted by Gasteiger charge is -2.22. The van der Waals surface area contributed by atoms with E-state index in [0.29, 0.717) is 16.5 Å². The largest absolute Gasteiger partial charge is 0.341 e. The normalized spacial score (nSPS) is 17.6. The summed E-state index contributed by atoms with van der Waals surface area (Å²) in [6, 6.07) is 15.9. The Bertz CT molecular complexity index is 738. The van der Waals surface area contributed by atoms with Gasteiger partial charge in [-0.15, -0.1) is 0 Å². The quantitative estimate of drug-likeness (QED) is 0.699. The first-order valence-corrected chi connectivity index (χ1v) is 9.67. The highest BCUT2D eigenvalue weighted by Crippen LogP contribution is 2.24. The van der Waals surface area contributed by atoms with Gasteiger partial charge in [0.15, 0.2) is 0 Å². The number of nitrogens with zero attached hydrogens (tertiary/aromatic N) is 2. The molecule has 1 saturated heterocycles. The van der Waals surface area contributed by atoms with Crippen molar-refractivity contribution in [3.63, 3.8) is 0 Å². The lowest BCUT2D eigenvalue weighted by atomic mass is 10.1. The molecule has 25 heavy (non-hydrogen) atoms.